The molecule has 3 heterocycles. The molecular formula is C19H31N3O2. The molecule has 0 N–H and O–H groups in total. The molecule has 5 heteroatoms. The van der Waals surface area contributed by atoms with E-state index < -0.39 is 0 Å². The van der Waals surface area contributed by atoms with E-state index in [2.05, 4.69) is 28.8 Å². The van der Waals surface area contributed by atoms with Crippen molar-refractivity contribution in [2.45, 2.75) is 71.3 Å². The average molecular weight is 333 g/mol. The molecule has 3 rings (SSSR count). The highest BCUT2D eigenvalue weighted by Crippen LogP contribution is 2.22. The van der Waals surface area contributed by atoms with E-state index in [1.807, 2.05) is 0 Å². The molecule has 0 unspecified atom stereocenters. The molecule has 1 aromatic rings. The van der Waals surface area contributed by atoms with Crippen molar-refractivity contribution in [2.24, 2.45) is 0 Å². The van der Waals surface area contributed by atoms with Gasteiger partial charge in [0.05, 0.1) is 12.1 Å². The van der Waals surface area contributed by atoms with E-state index in [1.54, 1.807) is 0 Å². The Labute approximate surface area is 145 Å². The van der Waals surface area contributed by atoms with Crippen LogP contribution in [0.5, 0.6) is 0 Å². The molecule has 1 amide bonds. The van der Waals surface area contributed by atoms with E-state index in [0.717, 1.165) is 49.4 Å². The summed E-state index contributed by atoms with van der Waals surface area (Å²) in [5.74, 6) is 1.12. The second-order valence-corrected chi connectivity index (χ2v) is 7.15. The fourth-order valence-electron chi connectivity index (χ4n) is 4.16. The highest BCUT2D eigenvalue weighted by Gasteiger charge is 2.29. The molecule has 0 aromatic carbocycles. The first-order chi connectivity index (χ1) is 11.7. The second kappa shape index (κ2) is 8.15. The Kier molecular flexibility index (Phi) is 5.93. The first-order valence-corrected chi connectivity index (χ1v) is 9.71. The number of piperidine rings is 2. The number of aromatic nitrogens is 1. The van der Waals surface area contributed by atoms with Crippen LogP contribution in [0, 0.1) is 0 Å². The minimum Gasteiger partial charge on any atom is -0.361 e. The van der Waals surface area contributed by atoms with Gasteiger partial charge in [-0.3, -0.25) is 9.69 Å². The van der Waals surface area contributed by atoms with Gasteiger partial charge in [-0.1, -0.05) is 25.4 Å². The van der Waals surface area contributed by atoms with Gasteiger partial charge in [0.2, 0.25) is 5.91 Å². The van der Waals surface area contributed by atoms with Gasteiger partial charge in [-0.2, -0.15) is 0 Å². The third-order valence-corrected chi connectivity index (χ3v) is 5.59. The summed E-state index contributed by atoms with van der Waals surface area (Å²) in [6, 6.07) is 0.557. The number of rotatable bonds is 5. The molecule has 134 valence electrons. The number of hydrogen-bond acceptors (Lipinski definition) is 4. The van der Waals surface area contributed by atoms with E-state index >= 15 is 0 Å². The van der Waals surface area contributed by atoms with E-state index in [0.29, 0.717) is 12.5 Å². The molecule has 24 heavy (non-hydrogen) atoms. The average Bonchev–Trinajstić information content (AvgIpc) is 3.04. The number of likely N-dealkylation sites (tertiary alicyclic amines) is 2. The van der Waals surface area contributed by atoms with Crippen LogP contribution in [0.25, 0.3) is 0 Å². The highest BCUT2D eigenvalue weighted by atomic mass is 16.5. The molecule has 2 aliphatic heterocycles. The summed E-state index contributed by atoms with van der Waals surface area (Å²) < 4.78 is 5.41. The summed E-state index contributed by atoms with van der Waals surface area (Å²) in [4.78, 5) is 17.6. The van der Waals surface area contributed by atoms with Crippen molar-refractivity contribution in [3.05, 3.63) is 17.0 Å². The zero-order chi connectivity index (χ0) is 16.9. The largest absolute Gasteiger partial charge is 0.361 e. The predicted molar refractivity (Wildman–Crippen MR) is 94.0 cm³/mol. The lowest BCUT2D eigenvalue weighted by atomic mass is 9.99. The van der Waals surface area contributed by atoms with Crippen LogP contribution in [0.2, 0.25) is 0 Å². The minimum absolute atomic E-state index is 0.240. The fourth-order valence-corrected chi connectivity index (χ4v) is 4.16. The number of carbonyl (C=O) groups is 1. The van der Waals surface area contributed by atoms with E-state index in [-0.39, 0.29) is 5.91 Å². The van der Waals surface area contributed by atoms with Crippen molar-refractivity contribution >= 4 is 5.91 Å². The first-order valence-electron chi connectivity index (χ1n) is 9.71. The van der Waals surface area contributed by atoms with Crippen molar-refractivity contribution in [3.8, 4) is 0 Å². The number of nitrogens with zero attached hydrogens (tertiary/aromatic N) is 3. The van der Waals surface area contributed by atoms with Crippen LogP contribution in [-0.4, -0.2) is 53.1 Å². The molecule has 2 saturated heterocycles. The first kappa shape index (κ1) is 17.5. The van der Waals surface area contributed by atoms with E-state index in [4.69, 9.17) is 4.52 Å². The normalized spacial score (nSPS) is 22.8. The predicted octanol–water partition coefficient (Wildman–Crippen LogP) is 2.82. The van der Waals surface area contributed by atoms with Gasteiger partial charge in [-0.15, -0.1) is 0 Å². The standard InChI is InChI=1S/C19H31N3O2/c1-3-17-16(18(4-2)24-20-17)13-19(23)22-12-8-9-15(14-22)21-10-6-5-7-11-21/h15H,3-14H2,1-2H3/t15-/m0/s1. The Bertz CT molecular complexity index is 527. The minimum atomic E-state index is 0.240. The van der Waals surface area contributed by atoms with E-state index in [1.165, 1.54) is 38.8 Å². The number of hydrogen-bond donors (Lipinski definition) is 0. The smallest absolute Gasteiger partial charge is 0.227 e. The van der Waals surface area contributed by atoms with Gasteiger partial charge in [-0.05, 0) is 45.2 Å². The molecule has 0 spiro atoms. The van der Waals surface area contributed by atoms with Crippen LogP contribution >= 0.6 is 0 Å². The maximum atomic E-state index is 12.9. The van der Waals surface area contributed by atoms with E-state index in [9.17, 15) is 4.79 Å². The molecule has 0 bridgehead atoms. The fraction of sp³-hybridized carbons (Fsp3) is 0.789. The Morgan fingerprint density at radius 2 is 1.92 bits per heavy atom. The molecule has 0 saturated carbocycles. The lowest BCUT2D eigenvalue weighted by Gasteiger charge is -2.41. The van der Waals surface area contributed by atoms with Crippen LogP contribution < -0.4 is 0 Å². The van der Waals surface area contributed by atoms with Crippen molar-refractivity contribution in [2.75, 3.05) is 26.2 Å². The quantitative estimate of drug-likeness (QED) is 0.831. The molecule has 2 fully saturated rings. The zero-order valence-corrected chi connectivity index (χ0v) is 15.2. The summed E-state index contributed by atoms with van der Waals surface area (Å²) in [5, 5.41) is 4.14. The lowest BCUT2D eigenvalue weighted by molar-refractivity contribution is -0.132. The Morgan fingerprint density at radius 1 is 1.12 bits per heavy atom. The maximum absolute atomic E-state index is 12.9. The third-order valence-electron chi connectivity index (χ3n) is 5.59. The molecule has 1 atom stereocenters. The Balaban J connectivity index is 1.63. The van der Waals surface area contributed by atoms with Gasteiger partial charge in [-0.25, -0.2) is 0 Å². The number of carbonyl (C=O) groups excluding carboxylic acids is 1. The van der Waals surface area contributed by atoms with Crippen molar-refractivity contribution < 1.29 is 9.32 Å². The molecular weight excluding hydrogens is 302 g/mol. The van der Waals surface area contributed by atoms with Crippen LogP contribution in [0.15, 0.2) is 4.52 Å². The maximum Gasteiger partial charge on any atom is 0.227 e. The Morgan fingerprint density at radius 3 is 2.62 bits per heavy atom. The van der Waals surface area contributed by atoms with Crippen LogP contribution in [0.1, 0.15) is 63.0 Å². The van der Waals surface area contributed by atoms with Crippen LogP contribution in [0.3, 0.4) is 0 Å². The van der Waals surface area contributed by atoms with Crippen molar-refractivity contribution in [1.82, 2.24) is 15.0 Å². The van der Waals surface area contributed by atoms with Crippen LogP contribution in [0.4, 0.5) is 0 Å². The summed E-state index contributed by atoms with van der Waals surface area (Å²) in [7, 11) is 0. The van der Waals surface area contributed by atoms with Gasteiger partial charge in [0.1, 0.15) is 5.76 Å². The molecule has 2 aliphatic rings. The lowest BCUT2D eigenvalue weighted by Crippen LogP contribution is -2.51. The summed E-state index contributed by atoms with van der Waals surface area (Å²) in [5.41, 5.74) is 1.98. The van der Waals surface area contributed by atoms with Gasteiger partial charge in [0, 0.05) is 31.1 Å². The molecule has 0 radical (unpaired) electrons. The number of amides is 1. The van der Waals surface area contributed by atoms with Gasteiger partial charge < -0.3 is 9.42 Å². The topological polar surface area (TPSA) is 49.6 Å². The summed E-state index contributed by atoms with van der Waals surface area (Å²) >= 11 is 0. The summed E-state index contributed by atoms with van der Waals surface area (Å²) in [6.07, 6.45) is 8.40. The molecule has 1 aromatic heterocycles. The van der Waals surface area contributed by atoms with Crippen LogP contribution in [-0.2, 0) is 24.1 Å². The third kappa shape index (κ3) is 3.82. The zero-order valence-electron chi connectivity index (χ0n) is 15.2. The molecule has 0 aliphatic carbocycles. The monoisotopic (exact) mass is 333 g/mol. The number of aryl methyl sites for hydroxylation is 2. The second-order valence-electron chi connectivity index (χ2n) is 7.15. The van der Waals surface area contributed by atoms with Crippen molar-refractivity contribution in [1.29, 1.82) is 0 Å². The SMILES string of the molecule is CCc1noc(CC)c1CC(=O)N1CCC[C@H](N2CCCCC2)C1. The summed E-state index contributed by atoms with van der Waals surface area (Å²) in [6.45, 7) is 8.33. The van der Waals surface area contributed by atoms with Gasteiger partial charge in [0.15, 0.2) is 0 Å². The molecule has 5 nitrogen and oxygen atoms in total. The van der Waals surface area contributed by atoms with Gasteiger partial charge >= 0.3 is 0 Å². The van der Waals surface area contributed by atoms with Gasteiger partial charge in [0.25, 0.3) is 0 Å². The Hall–Kier alpha value is -1.36. The highest BCUT2D eigenvalue weighted by molar-refractivity contribution is 5.79. The van der Waals surface area contributed by atoms with Crippen molar-refractivity contribution in [3.63, 3.8) is 0 Å².